The van der Waals surface area contributed by atoms with Gasteiger partial charge < -0.3 is 15.4 Å². The molecule has 2 aromatic rings. The molecule has 0 bridgehead atoms. The molecule has 1 amide bonds. The molecule has 0 fully saturated rings. The van der Waals surface area contributed by atoms with Crippen LogP contribution in [0.15, 0.2) is 36.4 Å². The Morgan fingerprint density at radius 3 is 2.71 bits per heavy atom. The van der Waals surface area contributed by atoms with Crippen molar-refractivity contribution in [2.75, 3.05) is 13.6 Å². The average Bonchev–Trinajstić information content (AvgIpc) is 2.52. The highest BCUT2D eigenvalue weighted by Crippen LogP contribution is 2.28. The summed E-state index contributed by atoms with van der Waals surface area (Å²) in [5, 5.41) is 8.26. The first-order valence-corrected chi connectivity index (χ1v) is 7.27. The molecular formula is C17H22N2O2. The summed E-state index contributed by atoms with van der Waals surface area (Å²) in [6.45, 7) is 5.42. The number of likely N-dealkylation sites (N-methyl/N-ethyl adjacent to an activating group) is 1. The zero-order chi connectivity index (χ0) is 15.2. The fourth-order valence-corrected chi connectivity index (χ4v) is 2.31. The highest BCUT2D eigenvalue weighted by molar-refractivity contribution is 5.88. The number of hydrogen-bond donors (Lipinski definition) is 2. The summed E-state index contributed by atoms with van der Waals surface area (Å²) in [5.41, 5.74) is 1.09. The number of ether oxygens (including phenoxy) is 1. The SMILES string of the molecule is CCNCc1c(OC(C)C(=O)NC)ccc2ccccc12. The van der Waals surface area contributed by atoms with Crippen LogP contribution < -0.4 is 15.4 Å². The molecular weight excluding hydrogens is 264 g/mol. The normalized spacial score (nSPS) is 12.1. The third-order valence-corrected chi connectivity index (χ3v) is 3.47. The molecule has 0 spiro atoms. The Labute approximate surface area is 125 Å². The third-order valence-electron chi connectivity index (χ3n) is 3.47. The second-order valence-electron chi connectivity index (χ2n) is 4.92. The van der Waals surface area contributed by atoms with Crippen molar-refractivity contribution in [1.29, 1.82) is 0 Å². The molecule has 0 aliphatic heterocycles. The third kappa shape index (κ3) is 3.52. The van der Waals surface area contributed by atoms with E-state index in [9.17, 15) is 4.79 Å². The van der Waals surface area contributed by atoms with E-state index in [1.54, 1.807) is 14.0 Å². The Hall–Kier alpha value is -2.07. The van der Waals surface area contributed by atoms with Crippen molar-refractivity contribution in [3.8, 4) is 5.75 Å². The Kier molecular flexibility index (Phi) is 5.17. The minimum atomic E-state index is -0.517. The molecule has 2 aromatic carbocycles. The quantitative estimate of drug-likeness (QED) is 0.857. The van der Waals surface area contributed by atoms with Crippen LogP contribution in [0.3, 0.4) is 0 Å². The van der Waals surface area contributed by atoms with Gasteiger partial charge in [0.05, 0.1) is 0 Å². The molecule has 0 saturated carbocycles. The summed E-state index contributed by atoms with van der Waals surface area (Å²) < 4.78 is 5.85. The van der Waals surface area contributed by atoms with Crippen LogP contribution in [0.2, 0.25) is 0 Å². The van der Waals surface area contributed by atoms with Crippen LogP contribution in [-0.4, -0.2) is 25.6 Å². The van der Waals surface area contributed by atoms with Crippen LogP contribution in [0.5, 0.6) is 5.75 Å². The standard InChI is InChI=1S/C17H22N2O2/c1-4-19-11-15-14-8-6-5-7-13(14)9-10-16(15)21-12(2)17(20)18-3/h5-10,12,19H,4,11H2,1-3H3,(H,18,20). The maximum Gasteiger partial charge on any atom is 0.260 e. The fourth-order valence-electron chi connectivity index (χ4n) is 2.31. The topological polar surface area (TPSA) is 50.4 Å². The van der Waals surface area contributed by atoms with Crippen molar-refractivity contribution in [1.82, 2.24) is 10.6 Å². The Morgan fingerprint density at radius 2 is 2.00 bits per heavy atom. The van der Waals surface area contributed by atoms with E-state index in [0.29, 0.717) is 6.54 Å². The lowest BCUT2D eigenvalue weighted by atomic mass is 10.0. The number of nitrogens with one attached hydrogen (secondary N) is 2. The summed E-state index contributed by atoms with van der Waals surface area (Å²) in [7, 11) is 1.61. The van der Waals surface area contributed by atoms with Gasteiger partial charge in [-0.05, 0) is 30.3 Å². The van der Waals surface area contributed by atoms with E-state index in [1.165, 1.54) is 5.39 Å². The van der Waals surface area contributed by atoms with E-state index in [-0.39, 0.29) is 5.91 Å². The summed E-state index contributed by atoms with van der Waals surface area (Å²) in [5.74, 6) is 0.628. The van der Waals surface area contributed by atoms with Crippen LogP contribution in [0.4, 0.5) is 0 Å². The minimum Gasteiger partial charge on any atom is -0.481 e. The molecule has 0 radical (unpaired) electrons. The maximum atomic E-state index is 11.7. The molecule has 1 unspecified atom stereocenters. The number of benzene rings is 2. The number of carbonyl (C=O) groups is 1. The number of amides is 1. The van der Waals surface area contributed by atoms with E-state index in [1.807, 2.05) is 24.3 Å². The van der Waals surface area contributed by atoms with Crippen molar-refractivity contribution < 1.29 is 9.53 Å². The predicted molar refractivity (Wildman–Crippen MR) is 85.5 cm³/mol. The van der Waals surface area contributed by atoms with Gasteiger partial charge in [-0.2, -0.15) is 0 Å². The van der Waals surface area contributed by atoms with Crippen LogP contribution in [0.25, 0.3) is 10.8 Å². The van der Waals surface area contributed by atoms with Gasteiger partial charge >= 0.3 is 0 Å². The van der Waals surface area contributed by atoms with Gasteiger partial charge in [-0.15, -0.1) is 0 Å². The second-order valence-corrected chi connectivity index (χ2v) is 4.92. The second kappa shape index (κ2) is 7.09. The van der Waals surface area contributed by atoms with Crippen LogP contribution in [-0.2, 0) is 11.3 Å². The van der Waals surface area contributed by atoms with E-state index in [4.69, 9.17) is 4.74 Å². The summed E-state index contributed by atoms with van der Waals surface area (Å²) in [4.78, 5) is 11.7. The highest BCUT2D eigenvalue weighted by Gasteiger charge is 2.16. The first-order chi connectivity index (χ1) is 10.2. The van der Waals surface area contributed by atoms with E-state index in [0.717, 1.165) is 23.2 Å². The smallest absolute Gasteiger partial charge is 0.260 e. The summed E-state index contributed by atoms with van der Waals surface area (Å²) in [6, 6.07) is 12.2. The maximum absolute atomic E-state index is 11.7. The van der Waals surface area contributed by atoms with Gasteiger partial charge in [-0.1, -0.05) is 37.3 Å². The Morgan fingerprint density at radius 1 is 1.24 bits per heavy atom. The van der Waals surface area contributed by atoms with Gasteiger partial charge in [0.25, 0.3) is 5.91 Å². The summed E-state index contributed by atoms with van der Waals surface area (Å²) in [6.07, 6.45) is -0.517. The van der Waals surface area contributed by atoms with Gasteiger partial charge in [0.1, 0.15) is 5.75 Å². The lowest BCUT2D eigenvalue weighted by molar-refractivity contribution is -0.126. The van der Waals surface area contributed by atoms with Crippen LogP contribution in [0.1, 0.15) is 19.4 Å². The number of rotatable bonds is 6. The monoisotopic (exact) mass is 286 g/mol. The molecule has 2 rings (SSSR count). The van der Waals surface area contributed by atoms with Gasteiger partial charge in [0.15, 0.2) is 6.10 Å². The van der Waals surface area contributed by atoms with Crippen molar-refractivity contribution in [2.45, 2.75) is 26.5 Å². The zero-order valence-electron chi connectivity index (χ0n) is 12.8. The molecule has 1 atom stereocenters. The Balaban J connectivity index is 2.39. The molecule has 21 heavy (non-hydrogen) atoms. The zero-order valence-corrected chi connectivity index (χ0v) is 12.8. The van der Waals surface area contributed by atoms with Crippen molar-refractivity contribution in [2.24, 2.45) is 0 Å². The molecule has 0 aromatic heterocycles. The molecule has 0 heterocycles. The number of carbonyl (C=O) groups excluding carboxylic acids is 1. The molecule has 2 N–H and O–H groups in total. The van der Waals surface area contributed by atoms with E-state index >= 15 is 0 Å². The molecule has 0 aliphatic carbocycles. The van der Waals surface area contributed by atoms with Crippen molar-refractivity contribution in [3.63, 3.8) is 0 Å². The number of fused-ring (bicyclic) bond motifs is 1. The first kappa shape index (κ1) is 15.3. The van der Waals surface area contributed by atoms with Crippen LogP contribution in [0, 0.1) is 0 Å². The predicted octanol–water partition coefficient (Wildman–Crippen LogP) is 2.46. The fraction of sp³-hybridized carbons (Fsp3) is 0.353. The van der Waals surface area contributed by atoms with Gasteiger partial charge in [-0.25, -0.2) is 0 Å². The molecule has 0 saturated heterocycles. The van der Waals surface area contributed by atoms with Gasteiger partial charge in [-0.3, -0.25) is 4.79 Å². The first-order valence-electron chi connectivity index (χ1n) is 7.27. The van der Waals surface area contributed by atoms with Crippen molar-refractivity contribution in [3.05, 3.63) is 42.0 Å². The van der Waals surface area contributed by atoms with Gasteiger partial charge in [0, 0.05) is 19.2 Å². The van der Waals surface area contributed by atoms with Crippen LogP contribution >= 0.6 is 0 Å². The largest absolute Gasteiger partial charge is 0.481 e. The van der Waals surface area contributed by atoms with E-state index in [2.05, 4.69) is 29.7 Å². The Bertz CT molecular complexity index is 625. The molecule has 112 valence electrons. The van der Waals surface area contributed by atoms with Gasteiger partial charge in [0.2, 0.25) is 0 Å². The summed E-state index contributed by atoms with van der Waals surface area (Å²) >= 11 is 0. The minimum absolute atomic E-state index is 0.127. The molecule has 4 nitrogen and oxygen atoms in total. The lowest BCUT2D eigenvalue weighted by Gasteiger charge is -2.18. The van der Waals surface area contributed by atoms with E-state index < -0.39 is 6.10 Å². The lowest BCUT2D eigenvalue weighted by Crippen LogP contribution is -2.34. The highest BCUT2D eigenvalue weighted by atomic mass is 16.5. The molecule has 0 aliphatic rings. The molecule has 4 heteroatoms. The average molecular weight is 286 g/mol. The van der Waals surface area contributed by atoms with Crippen molar-refractivity contribution >= 4 is 16.7 Å². The number of hydrogen-bond acceptors (Lipinski definition) is 3.